The predicted octanol–water partition coefficient (Wildman–Crippen LogP) is 2.93. The number of aliphatic hydroxyl groups excluding tert-OH is 1. The Hall–Kier alpha value is -2.61. The van der Waals surface area contributed by atoms with Crippen molar-refractivity contribution in [2.75, 3.05) is 64.4 Å². The van der Waals surface area contributed by atoms with Crippen molar-refractivity contribution in [2.24, 2.45) is 0 Å². The molecule has 0 spiro atoms. The lowest BCUT2D eigenvalue weighted by Crippen LogP contribution is -2.50. The number of hydrogen-bond acceptors (Lipinski definition) is 6. The Balaban J connectivity index is 1.05. The summed E-state index contributed by atoms with van der Waals surface area (Å²) in [5.74, 6) is 1.46. The van der Waals surface area contributed by atoms with Crippen molar-refractivity contribution in [2.45, 2.75) is 24.9 Å². The van der Waals surface area contributed by atoms with Crippen molar-refractivity contribution in [1.82, 2.24) is 19.8 Å². The van der Waals surface area contributed by atoms with E-state index < -0.39 is 0 Å². The number of hydrogen-bond donors (Lipinski definition) is 2. The second kappa shape index (κ2) is 10.1. The van der Waals surface area contributed by atoms with Gasteiger partial charge >= 0.3 is 0 Å². The van der Waals surface area contributed by atoms with Crippen LogP contribution in [0.5, 0.6) is 5.75 Å². The lowest BCUT2D eigenvalue weighted by atomic mass is 9.89. The molecule has 0 radical (unpaired) electrons. The Morgan fingerprint density at radius 2 is 1.70 bits per heavy atom. The van der Waals surface area contributed by atoms with Crippen LogP contribution in [0.15, 0.2) is 48.8 Å². The number of aromatic amines is 1. The molecule has 5 rings (SSSR count). The van der Waals surface area contributed by atoms with E-state index in [4.69, 9.17) is 4.74 Å². The van der Waals surface area contributed by atoms with Crippen molar-refractivity contribution in [3.8, 4) is 5.75 Å². The second-order valence-electron chi connectivity index (χ2n) is 9.36. The van der Waals surface area contributed by atoms with Crippen LogP contribution in [0.3, 0.4) is 0 Å². The van der Waals surface area contributed by atoms with Crippen LogP contribution in [0.2, 0.25) is 0 Å². The number of nitrogens with zero attached hydrogens (tertiary/aromatic N) is 4. The van der Waals surface area contributed by atoms with Crippen LogP contribution in [0, 0.1) is 0 Å². The number of pyridine rings is 1. The van der Waals surface area contributed by atoms with Gasteiger partial charge in [0.15, 0.2) is 0 Å². The zero-order chi connectivity index (χ0) is 22.6. The van der Waals surface area contributed by atoms with Crippen LogP contribution in [-0.2, 0) is 0 Å². The van der Waals surface area contributed by atoms with E-state index in [0.29, 0.717) is 5.92 Å². The van der Waals surface area contributed by atoms with E-state index in [0.717, 1.165) is 76.6 Å². The SMILES string of the molecule is COc1ccc(N2CCN(C[C@@H](O)CN3CCC(c4c[nH]c5ncccc45)CC3)CC2)cc1. The summed E-state index contributed by atoms with van der Waals surface area (Å²) in [5, 5.41) is 12.0. The first-order valence-electron chi connectivity index (χ1n) is 12.1. The number of aromatic nitrogens is 2. The highest BCUT2D eigenvalue weighted by Crippen LogP contribution is 2.32. The highest BCUT2D eigenvalue weighted by atomic mass is 16.5. The van der Waals surface area contributed by atoms with E-state index in [-0.39, 0.29) is 6.10 Å². The molecule has 33 heavy (non-hydrogen) atoms. The van der Waals surface area contributed by atoms with Crippen LogP contribution < -0.4 is 9.64 Å². The van der Waals surface area contributed by atoms with Gasteiger partial charge in [-0.25, -0.2) is 4.98 Å². The molecule has 2 fully saturated rings. The third-order valence-corrected chi connectivity index (χ3v) is 7.26. The molecule has 0 unspecified atom stereocenters. The van der Waals surface area contributed by atoms with Crippen molar-refractivity contribution in [1.29, 1.82) is 0 Å². The van der Waals surface area contributed by atoms with Crippen molar-refractivity contribution >= 4 is 16.7 Å². The first-order chi connectivity index (χ1) is 16.2. The number of ether oxygens (including phenoxy) is 1. The van der Waals surface area contributed by atoms with Crippen LogP contribution in [0.1, 0.15) is 24.3 Å². The van der Waals surface area contributed by atoms with Crippen LogP contribution in [-0.4, -0.2) is 90.4 Å². The Bertz CT molecular complexity index is 1020. The fourth-order valence-electron chi connectivity index (χ4n) is 5.38. The van der Waals surface area contributed by atoms with Gasteiger partial charge < -0.3 is 24.6 Å². The van der Waals surface area contributed by atoms with Crippen LogP contribution >= 0.6 is 0 Å². The minimum atomic E-state index is -0.300. The summed E-state index contributed by atoms with van der Waals surface area (Å²) in [5.41, 5.74) is 3.62. The van der Waals surface area contributed by atoms with Crippen LogP contribution in [0.4, 0.5) is 5.69 Å². The number of nitrogens with one attached hydrogen (secondary N) is 1. The van der Waals surface area contributed by atoms with Gasteiger partial charge in [0.05, 0.1) is 13.2 Å². The lowest BCUT2D eigenvalue weighted by Gasteiger charge is -2.38. The van der Waals surface area contributed by atoms with Gasteiger partial charge in [-0.05, 0) is 73.8 Å². The highest BCUT2D eigenvalue weighted by molar-refractivity contribution is 5.80. The van der Waals surface area contributed by atoms with E-state index in [1.165, 1.54) is 16.6 Å². The summed E-state index contributed by atoms with van der Waals surface area (Å²) < 4.78 is 5.26. The Labute approximate surface area is 196 Å². The van der Waals surface area contributed by atoms with Gasteiger partial charge in [0, 0.05) is 62.7 Å². The topological polar surface area (TPSA) is 67.9 Å². The maximum atomic E-state index is 10.8. The van der Waals surface area contributed by atoms with Gasteiger partial charge in [0.25, 0.3) is 0 Å². The van der Waals surface area contributed by atoms with E-state index >= 15 is 0 Å². The smallest absolute Gasteiger partial charge is 0.137 e. The van der Waals surface area contributed by atoms with Crippen molar-refractivity contribution in [3.05, 3.63) is 54.4 Å². The maximum Gasteiger partial charge on any atom is 0.137 e. The Morgan fingerprint density at radius 1 is 1.00 bits per heavy atom. The maximum absolute atomic E-state index is 10.8. The second-order valence-corrected chi connectivity index (χ2v) is 9.36. The molecule has 2 aliphatic heterocycles. The van der Waals surface area contributed by atoms with Gasteiger partial charge in [-0.1, -0.05) is 0 Å². The summed E-state index contributed by atoms with van der Waals surface area (Å²) in [6.45, 7) is 7.55. The number of likely N-dealkylation sites (tertiary alicyclic amines) is 1. The van der Waals surface area contributed by atoms with Gasteiger partial charge in [0.2, 0.25) is 0 Å². The largest absolute Gasteiger partial charge is 0.497 e. The van der Waals surface area contributed by atoms with Crippen molar-refractivity contribution in [3.63, 3.8) is 0 Å². The molecule has 7 heteroatoms. The molecule has 0 aliphatic carbocycles. The van der Waals surface area contributed by atoms with Gasteiger partial charge in [0.1, 0.15) is 11.4 Å². The summed E-state index contributed by atoms with van der Waals surface area (Å²) in [4.78, 5) is 15.0. The fourth-order valence-corrected chi connectivity index (χ4v) is 5.38. The number of anilines is 1. The average molecular weight is 450 g/mol. The molecule has 2 aliphatic rings. The minimum absolute atomic E-state index is 0.300. The van der Waals surface area contributed by atoms with E-state index in [1.807, 2.05) is 24.4 Å². The normalized spacial score (nSPS) is 19.8. The molecule has 2 saturated heterocycles. The molecule has 1 atom stereocenters. The number of benzene rings is 1. The number of methoxy groups -OCH3 is 1. The van der Waals surface area contributed by atoms with Gasteiger partial charge in [-0.2, -0.15) is 0 Å². The highest BCUT2D eigenvalue weighted by Gasteiger charge is 2.25. The average Bonchev–Trinajstić information content (AvgIpc) is 3.29. The predicted molar refractivity (Wildman–Crippen MR) is 132 cm³/mol. The van der Waals surface area contributed by atoms with Gasteiger partial charge in [-0.3, -0.25) is 4.90 Å². The molecule has 7 nitrogen and oxygen atoms in total. The molecule has 4 heterocycles. The molecule has 2 aromatic heterocycles. The molecule has 0 bridgehead atoms. The standard InChI is InChI=1S/C26H35N5O2/c1-33-23-6-4-21(5-7-23)31-15-13-30(14-16-31)19-22(32)18-29-11-8-20(9-12-29)25-17-28-26-24(25)3-2-10-27-26/h2-7,10,17,20,22,32H,8-9,11-16,18-19H2,1H3,(H,27,28)/t22-/m0/s1. The van der Waals surface area contributed by atoms with E-state index in [2.05, 4.69) is 49.1 Å². The molecule has 0 saturated carbocycles. The third kappa shape index (κ3) is 5.16. The first-order valence-corrected chi connectivity index (χ1v) is 12.1. The summed E-state index contributed by atoms with van der Waals surface area (Å²) in [7, 11) is 1.70. The van der Waals surface area contributed by atoms with Gasteiger partial charge in [-0.15, -0.1) is 0 Å². The number of piperidine rings is 1. The summed E-state index contributed by atoms with van der Waals surface area (Å²) >= 11 is 0. The zero-order valence-corrected chi connectivity index (χ0v) is 19.5. The monoisotopic (exact) mass is 449 g/mol. The number of aliphatic hydroxyl groups is 1. The molecular weight excluding hydrogens is 414 g/mol. The van der Waals surface area contributed by atoms with E-state index in [1.54, 1.807) is 7.11 Å². The number of fused-ring (bicyclic) bond motifs is 1. The lowest BCUT2D eigenvalue weighted by molar-refractivity contribution is 0.0629. The Morgan fingerprint density at radius 3 is 2.39 bits per heavy atom. The fraction of sp³-hybridized carbons (Fsp3) is 0.500. The number of rotatable bonds is 7. The number of H-pyrrole nitrogens is 1. The molecular formula is C26H35N5O2. The minimum Gasteiger partial charge on any atom is -0.497 e. The van der Waals surface area contributed by atoms with Crippen LogP contribution in [0.25, 0.3) is 11.0 Å². The van der Waals surface area contributed by atoms with E-state index in [9.17, 15) is 5.11 Å². The summed E-state index contributed by atoms with van der Waals surface area (Å²) in [6, 6.07) is 12.5. The molecule has 3 aromatic rings. The molecule has 176 valence electrons. The first kappa shape index (κ1) is 22.2. The molecule has 1 aromatic carbocycles. The zero-order valence-electron chi connectivity index (χ0n) is 19.5. The summed E-state index contributed by atoms with van der Waals surface area (Å²) in [6.07, 6.45) is 5.94. The quantitative estimate of drug-likeness (QED) is 0.578. The third-order valence-electron chi connectivity index (χ3n) is 7.26. The van der Waals surface area contributed by atoms with Crippen molar-refractivity contribution < 1.29 is 9.84 Å². The number of β-amino-alcohol motifs (C(OH)–C–C–N with tert-alkyl or cyclic N) is 1. The molecule has 2 N–H and O–H groups in total. The number of piperazine rings is 1. The molecule has 0 amide bonds. The Kier molecular flexibility index (Phi) is 6.80.